The SMILES string of the molecule is CCOP(=O)(CC(CC(C)C)C(=O)N[C@@H](CC(C)C)C(=O)NC)CC1C(=O)C2=c3c(cccc3=CC=NC2)C1=O. The highest BCUT2D eigenvalue weighted by molar-refractivity contribution is 7.59. The van der Waals surface area contributed by atoms with Crippen LogP contribution < -0.4 is 21.1 Å². The number of aliphatic imine (C=N–C) groups is 1. The van der Waals surface area contributed by atoms with Gasteiger partial charge in [-0.25, -0.2) is 0 Å². The molecule has 0 spiro atoms. The molecule has 3 unspecified atom stereocenters. The number of nitrogens with zero attached hydrogens (tertiary/aromatic N) is 1. The van der Waals surface area contributed by atoms with Crippen LogP contribution in [0.5, 0.6) is 0 Å². The maximum Gasteiger partial charge on any atom is 0.242 e. The van der Waals surface area contributed by atoms with E-state index in [1.165, 1.54) is 7.05 Å². The number of carbonyl (C=O) groups excluding carboxylic acids is 4. The Morgan fingerprint density at radius 2 is 1.77 bits per heavy atom. The molecule has 1 aromatic rings. The number of benzene rings is 1. The lowest BCUT2D eigenvalue weighted by Gasteiger charge is -2.29. The van der Waals surface area contributed by atoms with E-state index in [1.54, 1.807) is 31.3 Å². The summed E-state index contributed by atoms with van der Waals surface area (Å²) in [5.41, 5.74) is 0.849. The Bertz CT molecular complexity index is 1350. The Morgan fingerprint density at radius 1 is 1.07 bits per heavy atom. The standard InChI is InChI=1S/C30H42N3O6P/c1-7-39-40(38,16-21(13-18(2)3)29(36)33-25(14-19(4)5)30(37)31-6)17-24-27(34)22-10-8-9-20-11-12-32-15-23(26(20)22)28(24)35/h8-12,18-19,21,24-25H,7,13-17H2,1-6H3,(H,31,37)(H,33,36)/t21?,24?,25-,40?/m0/s1. The van der Waals surface area contributed by atoms with Gasteiger partial charge in [-0.15, -0.1) is 0 Å². The summed E-state index contributed by atoms with van der Waals surface area (Å²) in [6, 6.07) is 4.56. The van der Waals surface area contributed by atoms with Crippen molar-refractivity contribution in [1.82, 2.24) is 10.6 Å². The van der Waals surface area contributed by atoms with Crippen molar-refractivity contribution >= 4 is 48.6 Å². The third-order valence-electron chi connectivity index (χ3n) is 7.24. The molecule has 2 amide bonds. The molecule has 0 bridgehead atoms. The molecule has 0 saturated heterocycles. The highest BCUT2D eigenvalue weighted by Crippen LogP contribution is 2.52. The number of Topliss-reactive ketones (excluding diaryl/α,β-unsaturated/α-hetero) is 2. The molecule has 1 aliphatic heterocycles. The van der Waals surface area contributed by atoms with E-state index in [1.807, 2.05) is 33.8 Å². The van der Waals surface area contributed by atoms with Gasteiger partial charge < -0.3 is 15.2 Å². The molecule has 218 valence electrons. The minimum atomic E-state index is -3.65. The number of hydrogen-bond donors (Lipinski definition) is 2. The Hall–Kier alpha value is -2.90. The number of amides is 2. The average molecular weight is 572 g/mol. The highest BCUT2D eigenvalue weighted by atomic mass is 31.2. The van der Waals surface area contributed by atoms with Crippen molar-refractivity contribution in [2.45, 2.75) is 53.5 Å². The quantitative estimate of drug-likeness (QED) is 0.276. The van der Waals surface area contributed by atoms with Crippen LogP contribution in [-0.2, 0) is 23.5 Å². The Balaban J connectivity index is 1.92. The van der Waals surface area contributed by atoms with Crippen LogP contribution in [0.2, 0.25) is 0 Å². The summed E-state index contributed by atoms with van der Waals surface area (Å²) in [7, 11) is -2.13. The second-order valence-corrected chi connectivity index (χ2v) is 14.0. The zero-order valence-electron chi connectivity index (χ0n) is 24.4. The predicted octanol–water partition coefficient (Wildman–Crippen LogP) is 2.34. The van der Waals surface area contributed by atoms with E-state index in [9.17, 15) is 23.7 Å². The topological polar surface area (TPSA) is 131 Å². The van der Waals surface area contributed by atoms with Crippen molar-refractivity contribution in [3.8, 4) is 0 Å². The van der Waals surface area contributed by atoms with Gasteiger partial charge in [0.25, 0.3) is 0 Å². The molecule has 1 aromatic carbocycles. The number of nitrogens with one attached hydrogen (secondary N) is 2. The summed E-state index contributed by atoms with van der Waals surface area (Å²) >= 11 is 0. The molecule has 2 aliphatic rings. The molecule has 3 rings (SSSR count). The molecule has 10 heteroatoms. The van der Waals surface area contributed by atoms with Gasteiger partial charge in [-0.1, -0.05) is 45.9 Å². The zero-order valence-corrected chi connectivity index (χ0v) is 25.3. The van der Waals surface area contributed by atoms with Gasteiger partial charge in [0.1, 0.15) is 6.04 Å². The van der Waals surface area contributed by atoms with Gasteiger partial charge in [0.05, 0.1) is 19.1 Å². The first-order valence-corrected chi connectivity index (χ1v) is 16.1. The van der Waals surface area contributed by atoms with E-state index in [0.717, 1.165) is 5.22 Å². The first-order valence-electron chi connectivity index (χ1n) is 14.1. The van der Waals surface area contributed by atoms with Crippen molar-refractivity contribution in [2.24, 2.45) is 28.7 Å². The molecule has 0 radical (unpaired) electrons. The number of rotatable bonds is 13. The first kappa shape index (κ1) is 31.6. The van der Waals surface area contributed by atoms with Crippen LogP contribution in [0.1, 0.15) is 57.8 Å². The van der Waals surface area contributed by atoms with Gasteiger partial charge in [0, 0.05) is 47.9 Å². The summed E-state index contributed by atoms with van der Waals surface area (Å²) in [5, 5.41) is 6.80. The van der Waals surface area contributed by atoms with Gasteiger partial charge in [0.15, 0.2) is 11.6 Å². The Labute approximate surface area is 236 Å². The molecule has 2 N–H and O–H groups in total. The summed E-state index contributed by atoms with van der Waals surface area (Å²) in [6.45, 7) is 9.78. The smallest absolute Gasteiger partial charge is 0.242 e. The van der Waals surface area contributed by atoms with Gasteiger partial charge in [-0.2, -0.15) is 0 Å². The number of ketones is 2. The molecule has 9 nitrogen and oxygen atoms in total. The second kappa shape index (κ2) is 13.6. The summed E-state index contributed by atoms with van der Waals surface area (Å²) in [6.07, 6.45) is 3.85. The lowest BCUT2D eigenvalue weighted by atomic mass is 9.83. The summed E-state index contributed by atoms with van der Waals surface area (Å²) in [4.78, 5) is 57.6. The van der Waals surface area contributed by atoms with Gasteiger partial charge in [-0.05, 0) is 42.9 Å². The van der Waals surface area contributed by atoms with Gasteiger partial charge >= 0.3 is 0 Å². The Kier molecular flexibility index (Phi) is 10.8. The largest absolute Gasteiger partial charge is 0.357 e. The monoisotopic (exact) mass is 571 g/mol. The third kappa shape index (κ3) is 7.43. The van der Waals surface area contributed by atoms with Crippen LogP contribution in [-0.4, -0.2) is 68.2 Å². The zero-order chi connectivity index (χ0) is 29.6. The van der Waals surface area contributed by atoms with E-state index in [0.29, 0.717) is 29.2 Å². The van der Waals surface area contributed by atoms with Gasteiger partial charge in [-0.3, -0.25) is 28.7 Å². The lowest BCUT2D eigenvalue weighted by Crippen LogP contribution is -2.49. The summed E-state index contributed by atoms with van der Waals surface area (Å²) < 4.78 is 20.1. The molecule has 1 aliphatic carbocycles. The van der Waals surface area contributed by atoms with E-state index in [4.69, 9.17) is 4.52 Å². The second-order valence-electron chi connectivity index (χ2n) is 11.4. The molecular weight excluding hydrogens is 529 g/mol. The van der Waals surface area contributed by atoms with Gasteiger partial charge in [0.2, 0.25) is 19.2 Å². The van der Waals surface area contributed by atoms with Crippen molar-refractivity contribution in [3.63, 3.8) is 0 Å². The minimum absolute atomic E-state index is 0.0910. The van der Waals surface area contributed by atoms with Crippen molar-refractivity contribution < 1.29 is 28.3 Å². The minimum Gasteiger partial charge on any atom is -0.357 e. The number of carbonyl (C=O) groups is 4. The molecule has 1 heterocycles. The van der Waals surface area contributed by atoms with E-state index >= 15 is 0 Å². The fraction of sp³-hybridized carbons (Fsp3) is 0.567. The van der Waals surface area contributed by atoms with Crippen LogP contribution in [0.3, 0.4) is 0 Å². The van der Waals surface area contributed by atoms with Crippen molar-refractivity contribution in [1.29, 1.82) is 0 Å². The third-order valence-corrected chi connectivity index (χ3v) is 9.89. The molecule has 0 saturated carbocycles. The van der Waals surface area contributed by atoms with Crippen LogP contribution in [0.4, 0.5) is 0 Å². The molecular formula is C30H42N3O6P. The fourth-order valence-electron chi connectivity index (χ4n) is 5.52. The average Bonchev–Trinajstić information content (AvgIpc) is 3.11. The fourth-order valence-corrected chi connectivity index (χ4v) is 8.23. The van der Waals surface area contributed by atoms with Crippen LogP contribution in [0.15, 0.2) is 23.2 Å². The predicted molar refractivity (Wildman–Crippen MR) is 157 cm³/mol. The van der Waals surface area contributed by atoms with Crippen LogP contribution in [0, 0.1) is 23.7 Å². The first-order chi connectivity index (χ1) is 18.9. The van der Waals surface area contributed by atoms with Crippen molar-refractivity contribution in [3.05, 3.63) is 34.2 Å². The van der Waals surface area contributed by atoms with E-state index in [-0.39, 0.29) is 60.7 Å². The van der Waals surface area contributed by atoms with E-state index < -0.39 is 25.2 Å². The lowest BCUT2D eigenvalue weighted by molar-refractivity contribution is -0.131. The maximum atomic E-state index is 14.3. The normalized spacial score (nSPS) is 19.4. The number of likely N-dealkylation sites (N-methyl/N-ethyl adjacent to an activating group) is 1. The molecule has 4 atom stereocenters. The maximum absolute atomic E-state index is 14.3. The van der Waals surface area contributed by atoms with Crippen molar-refractivity contribution in [2.75, 3.05) is 32.5 Å². The molecule has 0 aromatic heterocycles. The number of hydrogen-bond acceptors (Lipinski definition) is 7. The highest BCUT2D eigenvalue weighted by Gasteiger charge is 2.43. The summed E-state index contributed by atoms with van der Waals surface area (Å²) in [5.74, 6) is -3.11. The molecule has 0 fully saturated rings. The molecule has 40 heavy (non-hydrogen) atoms. The van der Waals surface area contributed by atoms with E-state index in [2.05, 4.69) is 15.6 Å². The Morgan fingerprint density at radius 3 is 2.40 bits per heavy atom. The van der Waals surface area contributed by atoms with Crippen LogP contribution in [0.25, 0.3) is 11.6 Å². The van der Waals surface area contributed by atoms with Crippen LogP contribution >= 0.6 is 7.37 Å².